The molecule has 0 atom stereocenters. The second kappa shape index (κ2) is 10.3. The van der Waals surface area contributed by atoms with Crippen LogP contribution in [0.5, 0.6) is 0 Å². The van der Waals surface area contributed by atoms with E-state index in [-0.39, 0.29) is 11.5 Å². The van der Waals surface area contributed by atoms with Gasteiger partial charge in [-0.25, -0.2) is 0 Å². The standard InChI is InChI=1S/C15H17BrClN3O/c16-14-4-1-3-12(9-14)5-8-19-11-13(10-18)15(21)20-7-2-6-17/h1,3-4,9,11,19H,2,5-8H2,(H,20,21)/b13-11-. The Hall–Kier alpha value is -1.51. The van der Waals surface area contributed by atoms with E-state index in [1.807, 2.05) is 30.3 Å². The smallest absolute Gasteiger partial charge is 0.263 e. The fourth-order valence-electron chi connectivity index (χ4n) is 1.60. The normalized spacial score (nSPS) is 10.8. The van der Waals surface area contributed by atoms with Gasteiger partial charge in [0.05, 0.1) is 0 Å². The topological polar surface area (TPSA) is 64.9 Å². The summed E-state index contributed by atoms with van der Waals surface area (Å²) in [5.74, 6) is 0.106. The van der Waals surface area contributed by atoms with Crippen molar-refractivity contribution in [2.24, 2.45) is 0 Å². The summed E-state index contributed by atoms with van der Waals surface area (Å²) < 4.78 is 1.03. The van der Waals surface area contributed by atoms with Crippen molar-refractivity contribution < 1.29 is 4.79 Å². The first-order chi connectivity index (χ1) is 10.2. The van der Waals surface area contributed by atoms with Gasteiger partial charge in [0, 0.05) is 29.6 Å². The molecule has 0 saturated heterocycles. The number of hydrogen-bond donors (Lipinski definition) is 2. The van der Waals surface area contributed by atoms with Crippen LogP contribution in [0.3, 0.4) is 0 Å². The van der Waals surface area contributed by atoms with Crippen LogP contribution in [0.15, 0.2) is 40.5 Å². The van der Waals surface area contributed by atoms with E-state index in [1.165, 1.54) is 11.8 Å². The number of carbonyl (C=O) groups is 1. The molecule has 6 heteroatoms. The highest BCUT2D eigenvalue weighted by Gasteiger charge is 2.07. The molecule has 0 unspecified atom stereocenters. The van der Waals surface area contributed by atoms with Gasteiger partial charge in [-0.05, 0) is 30.5 Å². The first kappa shape index (κ1) is 17.5. The summed E-state index contributed by atoms with van der Waals surface area (Å²) in [7, 11) is 0. The molecular formula is C15H17BrClN3O. The van der Waals surface area contributed by atoms with Gasteiger partial charge in [0.2, 0.25) is 0 Å². The Labute approximate surface area is 138 Å². The minimum Gasteiger partial charge on any atom is -0.389 e. The largest absolute Gasteiger partial charge is 0.389 e. The van der Waals surface area contributed by atoms with Gasteiger partial charge in [-0.2, -0.15) is 5.26 Å². The second-order valence-electron chi connectivity index (χ2n) is 4.30. The average Bonchev–Trinajstić information content (AvgIpc) is 2.47. The molecule has 0 radical (unpaired) electrons. The van der Waals surface area contributed by atoms with Gasteiger partial charge in [-0.3, -0.25) is 4.79 Å². The lowest BCUT2D eigenvalue weighted by Crippen LogP contribution is -2.27. The summed E-state index contributed by atoms with van der Waals surface area (Å²) in [5, 5.41) is 14.6. The number of nitriles is 1. The lowest BCUT2D eigenvalue weighted by molar-refractivity contribution is -0.117. The number of nitrogens with one attached hydrogen (secondary N) is 2. The third-order valence-corrected chi connectivity index (χ3v) is 3.41. The minimum atomic E-state index is -0.377. The van der Waals surface area contributed by atoms with Crippen LogP contribution in [0.1, 0.15) is 12.0 Å². The quantitative estimate of drug-likeness (QED) is 0.320. The van der Waals surface area contributed by atoms with Gasteiger partial charge in [-0.15, -0.1) is 11.6 Å². The van der Waals surface area contributed by atoms with Crippen LogP contribution in [0.4, 0.5) is 0 Å². The Morgan fingerprint density at radius 2 is 2.24 bits per heavy atom. The highest BCUT2D eigenvalue weighted by molar-refractivity contribution is 9.10. The summed E-state index contributed by atoms with van der Waals surface area (Å²) >= 11 is 8.94. The molecule has 21 heavy (non-hydrogen) atoms. The van der Waals surface area contributed by atoms with E-state index in [9.17, 15) is 4.79 Å². The Morgan fingerprint density at radius 1 is 1.43 bits per heavy atom. The predicted octanol–water partition coefficient (Wildman–Crippen LogP) is 2.73. The van der Waals surface area contributed by atoms with Crippen LogP contribution in [0.2, 0.25) is 0 Å². The highest BCUT2D eigenvalue weighted by atomic mass is 79.9. The van der Waals surface area contributed by atoms with Crippen LogP contribution in [-0.2, 0) is 11.2 Å². The molecule has 0 aliphatic rings. The Morgan fingerprint density at radius 3 is 2.90 bits per heavy atom. The zero-order valence-electron chi connectivity index (χ0n) is 11.5. The Balaban J connectivity index is 2.39. The van der Waals surface area contributed by atoms with Gasteiger partial charge in [0.1, 0.15) is 11.6 Å². The predicted molar refractivity (Wildman–Crippen MR) is 87.9 cm³/mol. The van der Waals surface area contributed by atoms with Gasteiger partial charge >= 0.3 is 0 Å². The van der Waals surface area contributed by atoms with Crippen molar-refractivity contribution >= 4 is 33.4 Å². The van der Waals surface area contributed by atoms with Crippen molar-refractivity contribution in [3.63, 3.8) is 0 Å². The lowest BCUT2D eigenvalue weighted by Gasteiger charge is -2.05. The number of carbonyl (C=O) groups excluding carboxylic acids is 1. The van der Waals surface area contributed by atoms with Crippen molar-refractivity contribution in [3.8, 4) is 6.07 Å². The minimum absolute atomic E-state index is 0.0683. The average molecular weight is 371 g/mol. The molecule has 1 aromatic rings. The number of rotatable bonds is 8. The van der Waals surface area contributed by atoms with Gasteiger partial charge in [0.15, 0.2) is 0 Å². The number of nitrogens with zero attached hydrogens (tertiary/aromatic N) is 1. The van der Waals surface area contributed by atoms with Crippen LogP contribution >= 0.6 is 27.5 Å². The van der Waals surface area contributed by atoms with Crippen molar-refractivity contribution in [1.29, 1.82) is 5.26 Å². The number of alkyl halides is 1. The zero-order valence-corrected chi connectivity index (χ0v) is 13.9. The fourth-order valence-corrected chi connectivity index (χ4v) is 2.18. The summed E-state index contributed by atoms with van der Waals surface area (Å²) in [5.41, 5.74) is 1.24. The molecule has 0 heterocycles. The van der Waals surface area contributed by atoms with Crippen molar-refractivity contribution in [2.75, 3.05) is 19.0 Å². The van der Waals surface area contributed by atoms with E-state index in [0.717, 1.165) is 10.9 Å². The van der Waals surface area contributed by atoms with Gasteiger partial charge < -0.3 is 10.6 Å². The Bertz CT molecular complexity index is 540. The molecular weight excluding hydrogens is 354 g/mol. The molecule has 112 valence electrons. The number of halogens is 2. The number of amides is 1. The summed E-state index contributed by atoms with van der Waals surface area (Å²) in [6.45, 7) is 1.12. The molecule has 0 bridgehead atoms. The van der Waals surface area contributed by atoms with E-state index in [4.69, 9.17) is 16.9 Å². The van der Waals surface area contributed by atoms with Crippen molar-refractivity contribution in [2.45, 2.75) is 12.8 Å². The maximum absolute atomic E-state index is 11.7. The molecule has 0 spiro atoms. The summed E-state index contributed by atoms with van der Waals surface area (Å²) in [6, 6.07) is 9.89. The maximum atomic E-state index is 11.7. The third kappa shape index (κ3) is 7.16. The first-order valence-electron chi connectivity index (χ1n) is 6.59. The first-order valence-corrected chi connectivity index (χ1v) is 7.92. The maximum Gasteiger partial charge on any atom is 0.263 e. The fraction of sp³-hybridized carbons (Fsp3) is 0.333. The second-order valence-corrected chi connectivity index (χ2v) is 5.60. The highest BCUT2D eigenvalue weighted by Crippen LogP contribution is 2.11. The number of benzene rings is 1. The molecule has 1 aromatic carbocycles. The SMILES string of the molecule is N#C/C(=C/NCCc1cccc(Br)c1)C(=O)NCCCCl. The summed E-state index contributed by atoms with van der Waals surface area (Å²) in [6.07, 6.45) is 2.94. The van der Waals surface area contributed by atoms with E-state index in [0.29, 0.717) is 25.4 Å². The van der Waals surface area contributed by atoms with Crippen LogP contribution in [-0.4, -0.2) is 24.9 Å². The molecule has 0 fully saturated rings. The molecule has 0 aliphatic carbocycles. The zero-order chi connectivity index (χ0) is 15.5. The van der Waals surface area contributed by atoms with Gasteiger partial charge in [0.25, 0.3) is 5.91 Å². The van der Waals surface area contributed by atoms with Crippen molar-refractivity contribution in [3.05, 3.63) is 46.1 Å². The number of hydrogen-bond acceptors (Lipinski definition) is 3. The van der Waals surface area contributed by atoms with Gasteiger partial charge in [-0.1, -0.05) is 28.1 Å². The Kier molecular flexibility index (Phi) is 8.56. The molecule has 1 rings (SSSR count). The summed E-state index contributed by atoms with van der Waals surface area (Å²) in [4.78, 5) is 11.7. The van der Waals surface area contributed by atoms with E-state index < -0.39 is 0 Å². The molecule has 0 aliphatic heterocycles. The lowest BCUT2D eigenvalue weighted by atomic mass is 10.1. The van der Waals surface area contributed by atoms with E-state index >= 15 is 0 Å². The van der Waals surface area contributed by atoms with Crippen LogP contribution < -0.4 is 10.6 Å². The molecule has 2 N–H and O–H groups in total. The van der Waals surface area contributed by atoms with Crippen LogP contribution in [0, 0.1) is 11.3 Å². The van der Waals surface area contributed by atoms with Crippen LogP contribution in [0.25, 0.3) is 0 Å². The van der Waals surface area contributed by atoms with Crippen molar-refractivity contribution in [1.82, 2.24) is 10.6 Å². The van der Waals surface area contributed by atoms with E-state index in [2.05, 4.69) is 26.6 Å². The molecule has 1 amide bonds. The molecule has 0 saturated carbocycles. The molecule has 0 aromatic heterocycles. The van der Waals surface area contributed by atoms with E-state index in [1.54, 1.807) is 0 Å². The molecule has 4 nitrogen and oxygen atoms in total. The monoisotopic (exact) mass is 369 g/mol. The third-order valence-electron chi connectivity index (χ3n) is 2.65.